The Labute approximate surface area is 141 Å². The third-order valence-corrected chi connectivity index (χ3v) is 3.75. The minimum absolute atomic E-state index is 0.180. The normalized spacial score (nSPS) is 11.5. The third-order valence-electron chi connectivity index (χ3n) is 3.50. The zero-order chi connectivity index (χ0) is 16.6. The smallest absolute Gasteiger partial charge is 0.170 e. The van der Waals surface area contributed by atoms with Gasteiger partial charge in [-0.2, -0.15) is 0 Å². The van der Waals surface area contributed by atoms with Crippen LogP contribution in [0, 0.1) is 5.41 Å². The summed E-state index contributed by atoms with van der Waals surface area (Å²) in [5, 5.41) is 7.27. The number of nitrogens with zero attached hydrogens (tertiary/aromatic N) is 1. The number of anilines is 1. The molecule has 0 atom stereocenters. The number of benzene rings is 1. The highest BCUT2D eigenvalue weighted by Gasteiger charge is 2.18. The number of nitrogens with one attached hydrogen (secondary N) is 2. The molecule has 0 radical (unpaired) electrons. The Bertz CT molecular complexity index is 452. The fraction of sp³-hybridized carbons (Fsp3) is 0.611. The summed E-state index contributed by atoms with van der Waals surface area (Å²) in [6.45, 7) is 8.58. The van der Waals surface area contributed by atoms with E-state index in [2.05, 4.69) is 74.7 Å². The molecular formula is C18H31N3S. The molecule has 22 heavy (non-hydrogen) atoms. The number of aryl methyl sites for hydroxylation is 1. The lowest BCUT2D eigenvalue weighted by atomic mass is 9.93. The van der Waals surface area contributed by atoms with Gasteiger partial charge in [-0.1, -0.05) is 39.3 Å². The highest BCUT2D eigenvalue weighted by atomic mass is 32.1. The van der Waals surface area contributed by atoms with Crippen molar-refractivity contribution >= 4 is 23.0 Å². The fourth-order valence-electron chi connectivity index (χ4n) is 2.54. The lowest BCUT2D eigenvalue weighted by Crippen LogP contribution is -2.41. The topological polar surface area (TPSA) is 27.3 Å². The van der Waals surface area contributed by atoms with Crippen LogP contribution in [-0.4, -0.2) is 37.2 Å². The van der Waals surface area contributed by atoms with E-state index < -0.39 is 0 Å². The zero-order valence-electron chi connectivity index (χ0n) is 14.7. The van der Waals surface area contributed by atoms with Gasteiger partial charge in [-0.3, -0.25) is 0 Å². The molecule has 0 aliphatic heterocycles. The molecule has 1 aromatic rings. The van der Waals surface area contributed by atoms with Crippen LogP contribution in [0.25, 0.3) is 0 Å². The van der Waals surface area contributed by atoms with E-state index in [0.29, 0.717) is 5.11 Å². The average Bonchev–Trinajstić information content (AvgIpc) is 2.43. The van der Waals surface area contributed by atoms with E-state index >= 15 is 0 Å². The van der Waals surface area contributed by atoms with Gasteiger partial charge in [0, 0.05) is 18.8 Å². The molecule has 0 unspecified atom stereocenters. The van der Waals surface area contributed by atoms with Crippen LogP contribution in [0.4, 0.5) is 5.69 Å². The van der Waals surface area contributed by atoms with Gasteiger partial charge in [-0.05, 0) is 62.3 Å². The van der Waals surface area contributed by atoms with Gasteiger partial charge in [0.05, 0.1) is 0 Å². The molecule has 0 saturated carbocycles. The van der Waals surface area contributed by atoms with Gasteiger partial charge < -0.3 is 15.5 Å². The first-order valence-electron chi connectivity index (χ1n) is 8.11. The van der Waals surface area contributed by atoms with Crippen LogP contribution < -0.4 is 10.6 Å². The Balaban J connectivity index is 2.41. The number of thiocarbonyl (C=S) groups is 1. The Morgan fingerprint density at radius 3 is 2.36 bits per heavy atom. The van der Waals surface area contributed by atoms with Crippen molar-refractivity contribution in [3.05, 3.63) is 29.8 Å². The minimum atomic E-state index is 0.180. The van der Waals surface area contributed by atoms with Crippen molar-refractivity contribution < 1.29 is 0 Å². The van der Waals surface area contributed by atoms with Crippen LogP contribution in [0.2, 0.25) is 0 Å². The average molecular weight is 322 g/mol. The maximum atomic E-state index is 5.38. The molecule has 0 amide bonds. The molecule has 2 N–H and O–H groups in total. The molecule has 0 aliphatic carbocycles. The van der Waals surface area contributed by atoms with E-state index in [1.54, 1.807) is 0 Å². The van der Waals surface area contributed by atoms with Gasteiger partial charge >= 0.3 is 0 Å². The lowest BCUT2D eigenvalue weighted by molar-refractivity contribution is 0.242. The molecule has 0 bridgehead atoms. The minimum Gasteiger partial charge on any atom is -0.362 e. The SMILES string of the molecule is CCCCc1ccc(NC(=S)NCC(C)(C)CN(C)C)cc1. The van der Waals surface area contributed by atoms with Crippen molar-refractivity contribution in [3.8, 4) is 0 Å². The summed E-state index contributed by atoms with van der Waals surface area (Å²) in [6, 6.07) is 8.56. The van der Waals surface area contributed by atoms with Crippen LogP contribution in [0.1, 0.15) is 39.2 Å². The van der Waals surface area contributed by atoms with Crippen LogP contribution >= 0.6 is 12.2 Å². The highest BCUT2D eigenvalue weighted by molar-refractivity contribution is 7.80. The van der Waals surface area contributed by atoms with Crippen LogP contribution in [-0.2, 0) is 6.42 Å². The predicted octanol–water partition coefficient (Wildman–Crippen LogP) is 3.90. The molecule has 0 heterocycles. The van der Waals surface area contributed by atoms with E-state index in [1.165, 1.54) is 18.4 Å². The quantitative estimate of drug-likeness (QED) is 0.710. The standard InChI is InChI=1S/C18H31N3S/c1-6-7-8-15-9-11-16(12-10-15)20-17(22)19-13-18(2,3)14-21(4)5/h9-12H,6-8,13-14H2,1-5H3,(H2,19,20,22). The first-order chi connectivity index (χ1) is 10.3. The molecule has 0 aromatic heterocycles. The Morgan fingerprint density at radius 1 is 1.18 bits per heavy atom. The molecule has 4 heteroatoms. The van der Waals surface area contributed by atoms with Gasteiger partial charge in [0.2, 0.25) is 0 Å². The van der Waals surface area contributed by atoms with E-state index in [-0.39, 0.29) is 5.41 Å². The summed E-state index contributed by atoms with van der Waals surface area (Å²) in [6.07, 6.45) is 3.63. The fourth-order valence-corrected chi connectivity index (χ4v) is 2.73. The number of rotatable bonds is 8. The Kier molecular flexibility index (Phi) is 7.83. The van der Waals surface area contributed by atoms with Gasteiger partial charge in [-0.15, -0.1) is 0 Å². The first-order valence-corrected chi connectivity index (χ1v) is 8.52. The lowest BCUT2D eigenvalue weighted by Gasteiger charge is -2.29. The highest BCUT2D eigenvalue weighted by Crippen LogP contribution is 2.15. The monoisotopic (exact) mass is 321 g/mol. The Hall–Kier alpha value is -1.13. The summed E-state index contributed by atoms with van der Waals surface area (Å²) >= 11 is 5.38. The van der Waals surface area contributed by atoms with Crippen molar-refractivity contribution in [2.24, 2.45) is 5.41 Å². The number of hydrogen-bond donors (Lipinski definition) is 2. The zero-order valence-corrected chi connectivity index (χ0v) is 15.5. The molecule has 1 aromatic carbocycles. The second-order valence-corrected chi connectivity index (χ2v) is 7.42. The molecule has 1 rings (SSSR count). The van der Waals surface area contributed by atoms with Crippen molar-refractivity contribution in [1.29, 1.82) is 0 Å². The maximum Gasteiger partial charge on any atom is 0.170 e. The summed E-state index contributed by atoms with van der Waals surface area (Å²) < 4.78 is 0. The van der Waals surface area contributed by atoms with Gasteiger partial charge in [0.1, 0.15) is 0 Å². The summed E-state index contributed by atoms with van der Waals surface area (Å²) in [7, 11) is 4.19. The largest absolute Gasteiger partial charge is 0.362 e. The van der Waals surface area contributed by atoms with Gasteiger partial charge in [-0.25, -0.2) is 0 Å². The molecule has 0 aliphatic rings. The van der Waals surface area contributed by atoms with Crippen molar-refractivity contribution in [1.82, 2.24) is 10.2 Å². The van der Waals surface area contributed by atoms with Crippen LogP contribution in [0.3, 0.4) is 0 Å². The van der Waals surface area contributed by atoms with E-state index in [0.717, 1.165) is 25.2 Å². The van der Waals surface area contributed by atoms with Crippen molar-refractivity contribution in [2.75, 3.05) is 32.5 Å². The van der Waals surface area contributed by atoms with E-state index in [9.17, 15) is 0 Å². The second kappa shape index (κ2) is 9.11. The summed E-state index contributed by atoms with van der Waals surface area (Å²) in [5.41, 5.74) is 2.61. The number of hydrogen-bond acceptors (Lipinski definition) is 2. The molecule has 124 valence electrons. The maximum absolute atomic E-state index is 5.38. The second-order valence-electron chi connectivity index (χ2n) is 7.01. The van der Waals surface area contributed by atoms with E-state index in [4.69, 9.17) is 12.2 Å². The van der Waals surface area contributed by atoms with E-state index in [1.807, 2.05) is 0 Å². The van der Waals surface area contributed by atoms with Crippen molar-refractivity contribution in [2.45, 2.75) is 40.0 Å². The van der Waals surface area contributed by atoms with Crippen molar-refractivity contribution in [3.63, 3.8) is 0 Å². The predicted molar refractivity (Wildman–Crippen MR) is 102 cm³/mol. The third kappa shape index (κ3) is 7.76. The molecular weight excluding hydrogens is 290 g/mol. The summed E-state index contributed by atoms with van der Waals surface area (Å²) in [4.78, 5) is 2.20. The molecule has 0 spiro atoms. The molecule has 0 fully saturated rings. The van der Waals surface area contributed by atoms with Gasteiger partial charge in [0.15, 0.2) is 5.11 Å². The number of unbranched alkanes of at least 4 members (excludes halogenated alkanes) is 1. The Morgan fingerprint density at radius 2 is 1.82 bits per heavy atom. The molecule has 0 saturated heterocycles. The van der Waals surface area contributed by atoms with Gasteiger partial charge in [0.25, 0.3) is 0 Å². The van der Waals surface area contributed by atoms with Crippen LogP contribution in [0.15, 0.2) is 24.3 Å². The molecule has 3 nitrogen and oxygen atoms in total. The van der Waals surface area contributed by atoms with Crippen LogP contribution in [0.5, 0.6) is 0 Å². The summed E-state index contributed by atoms with van der Waals surface area (Å²) in [5.74, 6) is 0. The first kappa shape index (κ1) is 18.9.